The van der Waals surface area contributed by atoms with Crippen molar-refractivity contribution in [3.05, 3.63) is 95.1 Å². The van der Waals surface area contributed by atoms with Gasteiger partial charge in [0.1, 0.15) is 11.5 Å². The van der Waals surface area contributed by atoms with E-state index in [1.165, 1.54) is 23.3 Å². The summed E-state index contributed by atoms with van der Waals surface area (Å²) in [6.07, 6.45) is 0. The third-order valence-corrected chi connectivity index (χ3v) is 7.02. The number of hydrogen-bond donors (Lipinski definition) is 1. The molecule has 2 heterocycles. The third-order valence-electron chi connectivity index (χ3n) is 6.00. The molecule has 0 bridgehead atoms. The van der Waals surface area contributed by atoms with Gasteiger partial charge in [0.15, 0.2) is 5.13 Å². The second-order valence-corrected chi connectivity index (χ2v) is 9.22. The Kier molecular flexibility index (Phi) is 6.45. The fourth-order valence-corrected chi connectivity index (χ4v) is 5.29. The first-order valence-electron chi connectivity index (χ1n) is 11.5. The van der Waals surface area contributed by atoms with E-state index in [1.54, 1.807) is 66.7 Å². The van der Waals surface area contributed by atoms with Crippen LogP contribution in [0.5, 0.6) is 5.75 Å². The van der Waals surface area contributed by atoms with Gasteiger partial charge in [0.05, 0.1) is 41.1 Å². The average Bonchev–Trinajstić information content (AvgIpc) is 3.46. The minimum atomic E-state index is -0.959. The molecule has 0 spiro atoms. The van der Waals surface area contributed by atoms with E-state index in [-0.39, 0.29) is 11.3 Å². The van der Waals surface area contributed by atoms with Gasteiger partial charge >= 0.3 is 11.9 Å². The van der Waals surface area contributed by atoms with Crippen LogP contribution in [0.4, 0.5) is 5.13 Å². The van der Waals surface area contributed by atoms with Crippen molar-refractivity contribution in [3.63, 3.8) is 0 Å². The van der Waals surface area contributed by atoms with Crippen molar-refractivity contribution in [1.29, 1.82) is 0 Å². The van der Waals surface area contributed by atoms with E-state index in [1.807, 2.05) is 13.0 Å². The molecule has 37 heavy (non-hydrogen) atoms. The molecule has 1 amide bonds. The van der Waals surface area contributed by atoms with Gasteiger partial charge in [-0.05, 0) is 42.8 Å². The van der Waals surface area contributed by atoms with Crippen LogP contribution in [0.3, 0.4) is 0 Å². The average molecular weight is 515 g/mol. The zero-order valence-corrected chi connectivity index (χ0v) is 20.8. The highest BCUT2D eigenvalue weighted by atomic mass is 32.1. The Morgan fingerprint density at radius 1 is 1.03 bits per heavy atom. The highest BCUT2D eigenvalue weighted by Gasteiger charge is 2.48. The molecular formula is C28H22N2O6S. The lowest BCUT2D eigenvalue weighted by molar-refractivity contribution is -0.132. The van der Waals surface area contributed by atoms with Crippen molar-refractivity contribution >= 4 is 50.1 Å². The maximum Gasteiger partial charge on any atom is 0.337 e. The summed E-state index contributed by atoms with van der Waals surface area (Å²) in [4.78, 5) is 44.6. The number of thiazole rings is 1. The van der Waals surface area contributed by atoms with Gasteiger partial charge in [-0.25, -0.2) is 9.78 Å². The summed E-state index contributed by atoms with van der Waals surface area (Å²) in [5, 5.41) is 11.5. The lowest BCUT2D eigenvalue weighted by Gasteiger charge is -2.23. The highest BCUT2D eigenvalue weighted by Crippen LogP contribution is 2.44. The Bertz CT molecular complexity index is 1540. The minimum Gasteiger partial charge on any atom is -0.507 e. The van der Waals surface area contributed by atoms with Crippen LogP contribution in [0.25, 0.3) is 16.0 Å². The number of rotatable bonds is 6. The molecule has 186 valence electrons. The van der Waals surface area contributed by atoms with Crippen LogP contribution >= 0.6 is 11.3 Å². The van der Waals surface area contributed by atoms with Crippen LogP contribution in [0.1, 0.15) is 34.5 Å². The first-order chi connectivity index (χ1) is 17.9. The molecule has 0 radical (unpaired) electrons. The molecule has 3 aromatic carbocycles. The minimum absolute atomic E-state index is 0.0590. The Morgan fingerprint density at radius 2 is 1.76 bits per heavy atom. The van der Waals surface area contributed by atoms with Crippen LogP contribution in [-0.2, 0) is 14.3 Å². The number of methoxy groups -OCH3 is 1. The maximum absolute atomic E-state index is 13.4. The predicted octanol–water partition coefficient (Wildman–Crippen LogP) is 5.11. The fourth-order valence-electron chi connectivity index (χ4n) is 4.27. The number of carbonyl (C=O) groups excluding carboxylic acids is 3. The lowest BCUT2D eigenvalue weighted by atomic mass is 9.95. The molecule has 8 nitrogen and oxygen atoms in total. The molecule has 1 aliphatic rings. The van der Waals surface area contributed by atoms with Crippen LogP contribution < -0.4 is 9.64 Å². The number of Topliss-reactive ketones (excluding diaryl/α,β-unsaturated/α-hetero) is 1. The molecule has 1 unspecified atom stereocenters. The number of ketones is 1. The highest BCUT2D eigenvalue weighted by molar-refractivity contribution is 7.22. The van der Waals surface area contributed by atoms with Gasteiger partial charge in [-0.2, -0.15) is 0 Å². The Labute approximate surface area is 216 Å². The van der Waals surface area contributed by atoms with Gasteiger partial charge in [-0.1, -0.05) is 53.8 Å². The SMILES string of the molecule is CCOc1ccc2nc(N3C(=O)C(=O)C(=C(O)c4ccccc4)C3c3ccc(C(=O)OC)cc3)sc2c1. The third kappa shape index (κ3) is 4.34. The Hall–Kier alpha value is -4.50. The molecule has 1 N–H and O–H groups in total. The van der Waals surface area contributed by atoms with Crippen molar-refractivity contribution < 1.29 is 29.0 Å². The standard InChI is InChI=1S/C28H22N2O6S/c1-3-36-19-13-14-20-21(15-19)37-28(29-20)30-23(16-9-11-18(12-10-16)27(34)35-2)22(25(32)26(30)33)24(31)17-7-5-4-6-8-17/h4-15,23,31H,3H2,1-2H3. The van der Waals surface area contributed by atoms with E-state index in [9.17, 15) is 19.5 Å². The van der Waals surface area contributed by atoms with Crippen LogP contribution in [0.2, 0.25) is 0 Å². The molecule has 0 aliphatic carbocycles. The molecule has 1 fully saturated rings. The van der Waals surface area contributed by atoms with Crippen LogP contribution in [-0.4, -0.2) is 41.5 Å². The summed E-state index contributed by atoms with van der Waals surface area (Å²) in [7, 11) is 1.29. The lowest BCUT2D eigenvalue weighted by Crippen LogP contribution is -2.29. The number of benzene rings is 3. The molecular weight excluding hydrogens is 492 g/mol. The van der Waals surface area contributed by atoms with Crippen molar-refractivity contribution in [2.45, 2.75) is 13.0 Å². The fraction of sp³-hybridized carbons (Fsp3) is 0.143. The number of esters is 1. The van der Waals surface area contributed by atoms with Crippen LogP contribution in [0, 0.1) is 0 Å². The topological polar surface area (TPSA) is 106 Å². The largest absolute Gasteiger partial charge is 0.507 e. The monoisotopic (exact) mass is 514 g/mol. The van der Waals surface area contributed by atoms with E-state index in [0.29, 0.717) is 39.7 Å². The maximum atomic E-state index is 13.4. The summed E-state index contributed by atoms with van der Waals surface area (Å²) in [6, 6.07) is 19.4. The van der Waals surface area contributed by atoms with Crippen molar-refractivity contribution in [1.82, 2.24) is 4.98 Å². The quantitative estimate of drug-likeness (QED) is 0.165. The van der Waals surface area contributed by atoms with Gasteiger partial charge in [0.25, 0.3) is 5.78 Å². The first-order valence-corrected chi connectivity index (χ1v) is 12.3. The number of amides is 1. The summed E-state index contributed by atoms with van der Waals surface area (Å²) in [5.41, 5.74) is 1.83. The Morgan fingerprint density at radius 3 is 2.43 bits per heavy atom. The molecule has 1 aliphatic heterocycles. The number of anilines is 1. The number of aliphatic hydroxyl groups excluding tert-OH is 1. The van der Waals surface area contributed by atoms with E-state index in [2.05, 4.69) is 4.98 Å². The first kappa shape index (κ1) is 24.2. The number of carbonyl (C=O) groups is 3. The summed E-state index contributed by atoms with van der Waals surface area (Å²) >= 11 is 1.24. The smallest absolute Gasteiger partial charge is 0.337 e. The number of fused-ring (bicyclic) bond motifs is 1. The molecule has 1 atom stereocenters. The number of aliphatic hydroxyl groups is 1. The number of hydrogen-bond acceptors (Lipinski definition) is 8. The second kappa shape index (κ2) is 9.87. The number of ether oxygens (including phenoxy) is 2. The summed E-state index contributed by atoms with van der Waals surface area (Å²) in [5.74, 6) is -1.75. The second-order valence-electron chi connectivity index (χ2n) is 8.21. The van der Waals surface area contributed by atoms with Gasteiger partial charge in [-0.3, -0.25) is 14.5 Å². The van der Waals surface area contributed by atoms with E-state index in [0.717, 1.165) is 4.70 Å². The van der Waals surface area contributed by atoms with E-state index in [4.69, 9.17) is 9.47 Å². The molecule has 1 saturated heterocycles. The Balaban J connectivity index is 1.68. The summed E-state index contributed by atoms with van der Waals surface area (Å²) < 4.78 is 11.1. The predicted molar refractivity (Wildman–Crippen MR) is 140 cm³/mol. The van der Waals surface area contributed by atoms with Crippen LogP contribution in [0.15, 0.2) is 78.4 Å². The normalized spacial score (nSPS) is 16.8. The van der Waals surface area contributed by atoms with Gasteiger partial charge < -0.3 is 14.6 Å². The van der Waals surface area contributed by atoms with E-state index < -0.39 is 23.7 Å². The summed E-state index contributed by atoms with van der Waals surface area (Å²) in [6.45, 7) is 2.40. The van der Waals surface area contributed by atoms with Gasteiger partial charge in [0, 0.05) is 5.56 Å². The number of nitrogens with zero attached hydrogens (tertiary/aromatic N) is 2. The van der Waals surface area contributed by atoms with Crippen molar-refractivity contribution in [2.75, 3.05) is 18.6 Å². The molecule has 5 rings (SSSR count). The van der Waals surface area contributed by atoms with Crippen molar-refractivity contribution in [3.8, 4) is 5.75 Å². The molecule has 4 aromatic rings. The molecule has 9 heteroatoms. The zero-order chi connectivity index (χ0) is 26.1. The molecule has 1 aromatic heterocycles. The molecule has 0 saturated carbocycles. The van der Waals surface area contributed by atoms with Crippen molar-refractivity contribution in [2.24, 2.45) is 0 Å². The zero-order valence-electron chi connectivity index (χ0n) is 20.0. The number of aromatic nitrogens is 1. The van der Waals surface area contributed by atoms with E-state index >= 15 is 0 Å². The van der Waals surface area contributed by atoms with Gasteiger partial charge in [-0.15, -0.1) is 0 Å². The van der Waals surface area contributed by atoms with Gasteiger partial charge in [0.2, 0.25) is 0 Å².